The molecule has 1 saturated carbocycles. The first-order chi connectivity index (χ1) is 5.77. The van der Waals surface area contributed by atoms with Crippen molar-refractivity contribution in [2.75, 3.05) is 13.1 Å². The normalized spacial score (nSPS) is 21.1. The Hall–Kier alpha value is -0.340. The van der Waals surface area contributed by atoms with Crippen LogP contribution < -0.4 is 5.32 Å². The van der Waals surface area contributed by atoms with Gasteiger partial charge in [0.15, 0.2) is 0 Å². The molecule has 0 radical (unpaired) electrons. The summed E-state index contributed by atoms with van der Waals surface area (Å²) in [6.07, 6.45) is 7.17. The molecule has 0 bridgehead atoms. The first kappa shape index (κ1) is 9.75. The molecule has 0 unspecified atom stereocenters. The average molecular weight is 169 g/mol. The summed E-state index contributed by atoms with van der Waals surface area (Å²) in [6.45, 7) is 5.33. The van der Waals surface area contributed by atoms with Crippen LogP contribution in [0.4, 0.5) is 0 Å². The van der Waals surface area contributed by atoms with E-state index in [1.165, 1.54) is 12.8 Å². The molecule has 0 spiro atoms. The molecule has 0 atom stereocenters. The van der Waals surface area contributed by atoms with Gasteiger partial charge < -0.3 is 10.4 Å². The number of hydrogen-bond donors (Lipinski definition) is 2. The van der Waals surface area contributed by atoms with Crippen molar-refractivity contribution >= 4 is 0 Å². The lowest BCUT2D eigenvalue weighted by Crippen LogP contribution is -2.38. The average Bonchev–Trinajstić information content (AvgIpc) is 2.47. The van der Waals surface area contributed by atoms with Gasteiger partial charge in [0.2, 0.25) is 0 Å². The van der Waals surface area contributed by atoms with Crippen LogP contribution in [-0.2, 0) is 0 Å². The van der Waals surface area contributed by atoms with Gasteiger partial charge in [-0.15, -0.1) is 6.58 Å². The third-order valence-corrected chi connectivity index (χ3v) is 2.51. The van der Waals surface area contributed by atoms with Crippen molar-refractivity contribution in [1.29, 1.82) is 0 Å². The van der Waals surface area contributed by atoms with E-state index in [4.69, 9.17) is 0 Å². The maximum absolute atomic E-state index is 9.90. The molecule has 1 fully saturated rings. The Bertz CT molecular complexity index is 139. The summed E-state index contributed by atoms with van der Waals surface area (Å²) in [5.41, 5.74) is -0.402. The van der Waals surface area contributed by atoms with Gasteiger partial charge in [-0.25, -0.2) is 0 Å². The van der Waals surface area contributed by atoms with Gasteiger partial charge in [0.05, 0.1) is 5.60 Å². The molecule has 1 aliphatic carbocycles. The van der Waals surface area contributed by atoms with Gasteiger partial charge in [0.25, 0.3) is 0 Å². The third kappa shape index (κ3) is 2.95. The van der Waals surface area contributed by atoms with Gasteiger partial charge in [-0.05, 0) is 25.8 Å². The lowest BCUT2D eigenvalue weighted by Gasteiger charge is -2.22. The maximum Gasteiger partial charge on any atom is 0.0771 e. The van der Waals surface area contributed by atoms with Crippen LogP contribution in [0.25, 0.3) is 0 Å². The third-order valence-electron chi connectivity index (χ3n) is 2.51. The van der Waals surface area contributed by atoms with Crippen LogP contribution in [0.15, 0.2) is 12.7 Å². The monoisotopic (exact) mass is 169 g/mol. The van der Waals surface area contributed by atoms with Crippen molar-refractivity contribution in [3.8, 4) is 0 Å². The highest BCUT2D eigenvalue weighted by atomic mass is 16.3. The molecule has 0 aromatic heterocycles. The Labute approximate surface area is 74.7 Å². The Morgan fingerprint density at radius 3 is 2.67 bits per heavy atom. The highest BCUT2D eigenvalue weighted by Crippen LogP contribution is 2.28. The van der Waals surface area contributed by atoms with Gasteiger partial charge in [-0.3, -0.25) is 0 Å². The summed E-state index contributed by atoms with van der Waals surface area (Å²) in [5, 5.41) is 13.1. The maximum atomic E-state index is 9.90. The molecule has 2 N–H and O–H groups in total. The quantitative estimate of drug-likeness (QED) is 0.482. The van der Waals surface area contributed by atoms with Gasteiger partial charge in [0.1, 0.15) is 0 Å². The number of nitrogens with one attached hydrogen (secondary N) is 1. The lowest BCUT2D eigenvalue weighted by atomic mass is 10.0. The number of aliphatic hydroxyl groups is 1. The first-order valence-corrected chi connectivity index (χ1v) is 4.81. The van der Waals surface area contributed by atoms with Gasteiger partial charge in [0, 0.05) is 6.54 Å². The molecular formula is C10H19NO. The summed E-state index contributed by atoms with van der Waals surface area (Å²) in [7, 11) is 0. The largest absolute Gasteiger partial charge is 0.389 e. The molecule has 0 aliphatic heterocycles. The van der Waals surface area contributed by atoms with Crippen LogP contribution in [0.5, 0.6) is 0 Å². The smallest absolute Gasteiger partial charge is 0.0771 e. The van der Waals surface area contributed by atoms with E-state index in [0.29, 0.717) is 0 Å². The Balaban J connectivity index is 2.08. The zero-order chi connectivity index (χ0) is 8.86. The van der Waals surface area contributed by atoms with Crippen LogP contribution in [0.3, 0.4) is 0 Å². The second-order valence-corrected chi connectivity index (χ2v) is 3.69. The number of rotatable bonds is 5. The minimum absolute atomic E-state index is 0.402. The van der Waals surface area contributed by atoms with Crippen LogP contribution in [-0.4, -0.2) is 23.8 Å². The fourth-order valence-corrected chi connectivity index (χ4v) is 1.74. The van der Waals surface area contributed by atoms with Crippen LogP contribution >= 0.6 is 0 Å². The van der Waals surface area contributed by atoms with Crippen molar-refractivity contribution < 1.29 is 5.11 Å². The number of hydrogen-bond acceptors (Lipinski definition) is 2. The molecule has 2 nitrogen and oxygen atoms in total. The zero-order valence-corrected chi connectivity index (χ0v) is 7.68. The second-order valence-electron chi connectivity index (χ2n) is 3.69. The van der Waals surface area contributed by atoms with Crippen molar-refractivity contribution in [2.45, 2.75) is 37.7 Å². The van der Waals surface area contributed by atoms with E-state index in [0.717, 1.165) is 32.4 Å². The topological polar surface area (TPSA) is 32.3 Å². The molecule has 1 rings (SSSR count). The zero-order valence-electron chi connectivity index (χ0n) is 7.68. The summed E-state index contributed by atoms with van der Waals surface area (Å²) in [4.78, 5) is 0. The Morgan fingerprint density at radius 2 is 2.08 bits per heavy atom. The molecule has 0 amide bonds. The predicted molar refractivity (Wildman–Crippen MR) is 51.1 cm³/mol. The summed E-state index contributed by atoms with van der Waals surface area (Å²) in [6, 6.07) is 0. The second kappa shape index (κ2) is 4.63. The summed E-state index contributed by atoms with van der Waals surface area (Å²) >= 11 is 0. The van der Waals surface area contributed by atoms with Crippen molar-refractivity contribution in [3.05, 3.63) is 12.7 Å². The SMILES string of the molecule is C=CCCNCC1(O)CCCC1. The summed E-state index contributed by atoms with van der Waals surface area (Å²) in [5.74, 6) is 0. The van der Waals surface area contributed by atoms with Crippen LogP contribution in [0.2, 0.25) is 0 Å². The molecule has 0 aromatic carbocycles. The van der Waals surface area contributed by atoms with E-state index >= 15 is 0 Å². The lowest BCUT2D eigenvalue weighted by molar-refractivity contribution is 0.0481. The molecule has 12 heavy (non-hydrogen) atoms. The molecule has 70 valence electrons. The van der Waals surface area contributed by atoms with E-state index in [9.17, 15) is 5.11 Å². The van der Waals surface area contributed by atoms with E-state index in [-0.39, 0.29) is 0 Å². The minimum Gasteiger partial charge on any atom is -0.389 e. The molecular weight excluding hydrogens is 150 g/mol. The van der Waals surface area contributed by atoms with Gasteiger partial charge in [-0.2, -0.15) is 0 Å². The van der Waals surface area contributed by atoms with E-state index in [1.54, 1.807) is 0 Å². The molecule has 2 heteroatoms. The minimum atomic E-state index is -0.402. The molecule has 1 aliphatic rings. The fraction of sp³-hybridized carbons (Fsp3) is 0.800. The summed E-state index contributed by atoms with van der Waals surface area (Å²) < 4.78 is 0. The molecule has 0 heterocycles. The van der Waals surface area contributed by atoms with E-state index in [1.807, 2.05) is 6.08 Å². The van der Waals surface area contributed by atoms with Crippen molar-refractivity contribution in [2.24, 2.45) is 0 Å². The standard InChI is InChI=1S/C10H19NO/c1-2-3-8-11-9-10(12)6-4-5-7-10/h2,11-12H,1,3-9H2. The van der Waals surface area contributed by atoms with Crippen LogP contribution in [0.1, 0.15) is 32.1 Å². The van der Waals surface area contributed by atoms with Crippen LogP contribution in [0, 0.1) is 0 Å². The highest BCUT2D eigenvalue weighted by molar-refractivity contribution is 4.86. The predicted octanol–water partition coefficient (Wildman–Crippen LogP) is 1.46. The first-order valence-electron chi connectivity index (χ1n) is 4.81. The highest BCUT2D eigenvalue weighted by Gasteiger charge is 2.29. The Kier molecular flexibility index (Phi) is 3.76. The molecule has 0 aromatic rings. The van der Waals surface area contributed by atoms with E-state index in [2.05, 4.69) is 11.9 Å². The van der Waals surface area contributed by atoms with Gasteiger partial charge >= 0.3 is 0 Å². The van der Waals surface area contributed by atoms with Crippen molar-refractivity contribution in [1.82, 2.24) is 5.32 Å². The van der Waals surface area contributed by atoms with Crippen molar-refractivity contribution in [3.63, 3.8) is 0 Å². The van der Waals surface area contributed by atoms with E-state index < -0.39 is 5.60 Å². The van der Waals surface area contributed by atoms with Gasteiger partial charge in [-0.1, -0.05) is 18.9 Å². The molecule has 0 saturated heterocycles. The Morgan fingerprint density at radius 1 is 1.42 bits per heavy atom. The fourth-order valence-electron chi connectivity index (χ4n) is 1.74.